The lowest BCUT2D eigenvalue weighted by atomic mass is 9.68. The Morgan fingerprint density at radius 2 is 1.76 bits per heavy atom. The molecule has 1 fully saturated rings. The maximum Gasteiger partial charge on any atom is 0.154 e. The number of hydrogen-bond donors (Lipinski definition) is 1. The summed E-state index contributed by atoms with van der Waals surface area (Å²) < 4.78 is 29.6. The Kier molecular flexibility index (Phi) is 6.28. The molecule has 0 aromatic heterocycles. The Balaban J connectivity index is 2.53. The first-order valence-corrected chi connectivity index (χ1v) is 9.79. The molecule has 0 saturated heterocycles. The lowest BCUT2D eigenvalue weighted by molar-refractivity contribution is -0.0739. The predicted octanol–water partition coefficient (Wildman–Crippen LogP) is 2.76. The van der Waals surface area contributed by atoms with Crippen LogP contribution in [0.15, 0.2) is 0 Å². The normalized spacial score (nSPS) is 28.0. The molecular weight excluding hydrogens is 286 g/mol. The van der Waals surface area contributed by atoms with Gasteiger partial charge in [0.05, 0.1) is 23.2 Å². The third kappa shape index (κ3) is 5.22. The minimum absolute atomic E-state index is 0.0924. The van der Waals surface area contributed by atoms with Crippen LogP contribution in [-0.4, -0.2) is 38.2 Å². The highest BCUT2D eigenvalue weighted by Gasteiger charge is 2.38. The average molecular weight is 320 g/mol. The molecule has 21 heavy (non-hydrogen) atoms. The quantitative estimate of drug-likeness (QED) is 0.817. The van der Waals surface area contributed by atoms with Gasteiger partial charge in [0, 0.05) is 6.54 Å². The molecule has 0 atom stereocenters. The summed E-state index contributed by atoms with van der Waals surface area (Å²) in [5, 5.41) is -0.341. The van der Waals surface area contributed by atoms with E-state index in [4.69, 9.17) is 10.5 Å². The van der Waals surface area contributed by atoms with Crippen molar-refractivity contribution in [3.05, 3.63) is 0 Å². The van der Waals surface area contributed by atoms with E-state index in [9.17, 15) is 8.42 Å². The van der Waals surface area contributed by atoms with Gasteiger partial charge in [-0.25, -0.2) is 8.42 Å². The smallest absolute Gasteiger partial charge is 0.154 e. The highest BCUT2D eigenvalue weighted by molar-refractivity contribution is 7.91. The summed E-state index contributed by atoms with van der Waals surface area (Å²) in [4.78, 5) is 0. The van der Waals surface area contributed by atoms with Gasteiger partial charge in [0.25, 0.3) is 0 Å². The molecule has 5 heteroatoms. The SMILES string of the molecule is CC(C)S(=O)(=O)CCOC1(CN)CCC(C(C)(C)C)CC1. The van der Waals surface area contributed by atoms with Crippen molar-refractivity contribution in [3.8, 4) is 0 Å². The molecule has 1 aliphatic rings. The summed E-state index contributed by atoms with van der Waals surface area (Å²) in [7, 11) is -3.03. The van der Waals surface area contributed by atoms with Crippen molar-refractivity contribution in [2.45, 2.75) is 71.2 Å². The average Bonchev–Trinajstić information content (AvgIpc) is 2.37. The minimum Gasteiger partial charge on any atom is -0.373 e. The molecule has 0 unspecified atom stereocenters. The van der Waals surface area contributed by atoms with Crippen molar-refractivity contribution in [2.75, 3.05) is 18.9 Å². The van der Waals surface area contributed by atoms with Crippen LogP contribution in [-0.2, 0) is 14.6 Å². The van der Waals surface area contributed by atoms with Gasteiger partial charge in [0.15, 0.2) is 9.84 Å². The van der Waals surface area contributed by atoms with Gasteiger partial charge in [-0.05, 0) is 50.9 Å². The Morgan fingerprint density at radius 1 is 1.24 bits per heavy atom. The zero-order valence-electron chi connectivity index (χ0n) is 14.3. The first-order valence-electron chi connectivity index (χ1n) is 8.08. The predicted molar refractivity (Wildman–Crippen MR) is 88.1 cm³/mol. The van der Waals surface area contributed by atoms with E-state index in [1.165, 1.54) is 0 Å². The van der Waals surface area contributed by atoms with E-state index in [-0.39, 0.29) is 23.2 Å². The second-order valence-electron chi connectivity index (χ2n) is 7.79. The van der Waals surface area contributed by atoms with Crippen molar-refractivity contribution in [1.82, 2.24) is 0 Å². The fourth-order valence-electron chi connectivity index (χ4n) is 3.03. The van der Waals surface area contributed by atoms with Crippen LogP contribution in [0, 0.1) is 11.3 Å². The van der Waals surface area contributed by atoms with Crippen LogP contribution in [0.3, 0.4) is 0 Å². The highest BCUT2D eigenvalue weighted by atomic mass is 32.2. The van der Waals surface area contributed by atoms with Gasteiger partial charge in [-0.15, -0.1) is 0 Å². The number of rotatable bonds is 6. The van der Waals surface area contributed by atoms with E-state index < -0.39 is 9.84 Å². The molecular formula is C16H33NO3S. The molecule has 0 amide bonds. The van der Waals surface area contributed by atoms with Gasteiger partial charge in [-0.3, -0.25) is 0 Å². The van der Waals surface area contributed by atoms with Crippen LogP contribution in [0.5, 0.6) is 0 Å². The van der Waals surface area contributed by atoms with Crippen LogP contribution in [0.2, 0.25) is 0 Å². The van der Waals surface area contributed by atoms with Crippen molar-refractivity contribution in [1.29, 1.82) is 0 Å². The van der Waals surface area contributed by atoms with Crippen molar-refractivity contribution >= 4 is 9.84 Å². The number of ether oxygens (including phenoxy) is 1. The molecule has 0 heterocycles. The van der Waals surface area contributed by atoms with Crippen LogP contribution < -0.4 is 5.73 Å². The summed E-state index contributed by atoms with van der Waals surface area (Å²) in [6.07, 6.45) is 4.09. The van der Waals surface area contributed by atoms with Crippen LogP contribution >= 0.6 is 0 Å². The van der Waals surface area contributed by atoms with E-state index >= 15 is 0 Å². The third-order valence-corrected chi connectivity index (χ3v) is 7.16. The highest BCUT2D eigenvalue weighted by Crippen LogP contribution is 2.42. The van der Waals surface area contributed by atoms with Gasteiger partial charge in [0.2, 0.25) is 0 Å². The molecule has 0 aliphatic heterocycles. The fourth-order valence-corrected chi connectivity index (χ4v) is 3.81. The second-order valence-corrected chi connectivity index (χ2v) is 10.5. The molecule has 4 nitrogen and oxygen atoms in total. The van der Waals surface area contributed by atoms with Crippen LogP contribution in [0.1, 0.15) is 60.3 Å². The minimum atomic E-state index is -3.03. The fraction of sp³-hybridized carbons (Fsp3) is 1.00. The maximum absolute atomic E-state index is 11.8. The maximum atomic E-state index is 11.8. The Labute approximate surface area is 130 Å². The lowest BCUT2D eigenvalue weighted by Gasteiger charge is -2.43. The number of hydrogen-bond acceptors (Lipinski definition) is 4. The van der Waals surface area contributed by atoms with Gasteiger partial charge in [-0.2, -0.15) is 0 Å². The molecule has 0 aromatic rings. The zero-order valence-corrected chi connectivity index (χ0v) is 15.1. The summed E-state index contributed by atoms with van der Waals surface area (Å²) in [6.45, 7) is 11.0. The molecule has 0 spiro atoms. The van der Waals surface area contributed by atoms with Gasteiger partial charge < -0.3 is 10.5 Å². The Bertz CT molecular complexity index is 415. The van der Waals surface area contributed by atoms with Crippen LogP contribution in [0.4, 0.5) is 0 Å². The zero-order chi connectivity index (χ0) is 16.3. The Hall–Kier alpha value is -0.130. The molecule has 1 aliphatic carbocycles. The molecule has 0 radical (unpaired) electrons. The summed E-state index contributed by atoms with van der Waals surface area (Å²) in [6, 6.07) is 0. The van der Waals surface area contributed by atoms with E-state index in [0.717, 1.165) is 25.7 Å². The Morgan fingerprint density at radius 3 is 2.14 bits per heavy atom. The van der Waals surface area contributed by atoms with Gasteiger partial charge in [0.1, 0.15) is 0 Å². The lowest BCUT2D eigenvalue weighted by Crippen LogP contribution is -2.46. The summed E-state index contributed by atoms with van der Waals surface area (Å²) in [5.74, 6) is 0.787. The molecule has 0 bridgehead atoms. The third-order valence-electron chi connectivity index (χ3n) is 4.99. The van der Waals surface area contributed by atoms with E-state index in [1.54, 1.807) is 13.8 Å². The van der Waals surface area contributed by atoms with E-state index in [0.29, 0.717) is 17.9 Å². The van der Waals surface area contributed by atoms with E-state index in [2.05, 4.69) is 20.8 Å². The van der Waals surface area contributed by atoms with Gasteiger partial charge in [-0.1, -0.05) is 20.8 Å². The standard InChI is InChI=1S/C16H33NO3S/c1-13(2)21(18,19)11-10-20-16(12-17)8-6-14(7-9-16)15(3,4)5/h13-14H,6-12,17H2,1-5H3. The molecule has 1 rings (SSSR count). The first-order chi connectivity index (χ1) is 9.52. The van der Waals surface area contributed by atoms with Crippen LogP contribution in [0.25, 0.3) is 0 Å². The number of nitrogens with two attached hydrogens (primary N) is 1. The van der Waals surface area contributed by atoms with E-state index in [1.807, 2.05) is 0 Å². The monoisotopic (exact) mass is 319 g/mol. The van der Waals surface area contributed by atoms with Crippen molar-refractivity contribution in [2.24, 2.45) is 17.1 Å². The van der Waals surface area contributed by atoms with Crippen molar-refractivity contribution < 1.29 is 13.2 Å². The first kappa shape index (κ1) is 18.9. The topological polar surface area (TPSA) is 69.4 Å². The molecule has 2 N–H and O–H groups in total. The second kappa shape index (κ2) is 6.97. The van der Waals surface area contributed by atoms with Gasteiger partial charge >= 0.3 is 0 Å². The van der Waals surface area contributed by atoms with Crippen molar-refractivity contribution in [3.63, 3.8) is 0 Å². The number of sulfone groups is 1. The summed E-state index contributed by atoms with van der Waals surface area (Å²) in [5.41, 5.74) is 5.94. The molecule has 0 aromatic carbocycles. The molecule has 126 valence electrons. The largest absolute Gasteiger partial charge is 0.373 e. The molecule has 1 saturated carbocycles. The summed E-state index contributed by atoms with van der Waals surface area (Å²) >= 11 is 0.